The molecular formula is C10H13BrN2O. The second-order valence-electron chi connectivity index (χ2n) is 3.26. The third kappa shape index (κ3) is 2.25. The Kier molecular flexibility index (Phi) is 3.37. The summed E-state index contributed by atoms with van der Waals surface area (Å²) < 4.78 is 5.29. The zero-order chi connectivity index (χ0) is 9.80. The molecule has 1 aromatic heterocycles. The molecule has 1 aromatic rings. The van der Waals surface area contributed by atoms with Gasteiger partial charge >= 0.3 is 0 Å². The molecule has 0 radical (unpaired) electrons. The number of pyridine rings is 1. The summed E-state index contributed by atoms with van der Waals surface area (Å²) in [6.45, 7) is 3.51. The standard InChI is InChI=1S/C10H13BrN2O/c11-7-9-1-2-10(12-8-9)13-3-5-14-6-4-13/h1-2,8H,3-7H2. The SMILES string of the molecule is BrCc1ccc(N2CCOCC2)nc1. The number of hydrogen-bond acceptors (Lipinski definition) is 3. The van der Waals surface area contributed by atoms with Gasteiger partial charge < -0.3 is 9.64 Å². The van der Waals surface area contributed by atoms with Gasteiger partial charge in [0.15, 0.2) is 0 Å². The Morgan fingerprint density at radius 3 is 2.71 bits per heavy atom. The number of nitrogens with zero attached hydrogens (tertiary/aromatic N) is 2. The number of rotatable bonds is 2. The van der Waals surface area contributed by atoms with E-state index >= 15 is 0 Å². The molecule has 0 atom stereocenters. The summed E-state index contributed by atoms with van der Waals surface area (Å²) >= 11 is 3.40. The highest BCUT2D eigenvalue weighted by Gasteiger charge is 2.11. The lowest BCUT2D eigenvalue weighted by atomic mass is 10.3. The average molecular weight is 257 g/mol. The first kappa shape index (κ1) is 9.93. The first-order valence-electron chi connectivity index (χ1n) is 4.74. The van der Waals surface area contributed by atoms with Crippen molar-refractivity contribution >= 4 is 21.7 Å². The highest BCUT2D eigenvalue weighted by atomic mass is 79.9. The van der Waals surface area contributed by atoms with Crippen molar-refractivity contribution in [2.45, 2.75) is 5.33 Å². The summed E-state index contributed by atoms with van der Waals surface area (Å²) in [4.78, 5) is 6.67. The molecule has 2 rings (SSSR count). The van der Waals surface area contributed by atoms with Gasteiger partial charge in [-0.3, -0.25) is 0 Å². The van der Waals surface area contributed by atoms with E-state index in [0.29, 0.717) is 0 Å². The topological polar surface area (TPSA) is 25.4 Å². The van der Waals surface area contributed by atoms with Gasteiger partial charge in [0.25, 0.3) is 0 Å². The first-order valence-corrected chi connectivity index (χ1v) is 5.86. The largest absolute Gasteiger partial charge is 0.378 e. The molecule has 0 N–H and O–H groups in total. The van der Waals surface area contributed by atoms with Crippen LogP contribution >= 0.6 is 15.9 Å². The van der Waals surface area contributed by atoms with Gasteiger partial charge in [0.05, 0.1) is 13.2 Å². The first-order chi connectivity index (χ1) is 6.90. The van der Waals surface area contributed by atoms with E-state index in [1.54, 1.807) is 0 Å². The molecule has 2 heterocycles. The fourth-order valence-electron chi connectivity index (χ4n) is 1.48. The van der Waals surface area contributed by atoms with Crippen molar-refractivity contribution in [2.24, 2.45) is 0 Å². The highest BCUT2D eigenvalue weighted by Crippen LogP contribution is 2.13. The molecule has 0 bridgehead atoms. The van der Waals surface area contributed by atoms with Crippen molar-refractivity contribution in [1.29, 1.82) is 0 Å². The molecule has 14 heavy (non-hydrogen) atoms. The molecular weight excluding hydrogens is 244 g/mol. The summed E-state index contributed by atoms with van der Waals surface area (Å²) in [5.41, 5.74) is 1.21. The monoisotopic (exact) mass is 256 g/mol. The fraction of sp³-hybridized carbons (Fsp3) is 0.500. The van der Waals surface area contributed by atoms with Gasteiger partial charge in [-0.25, -0.2) is 4.98 Å². The summed E-state index contributed by atoms with van der Waals surface area (Å²) in [7, 11) is 0. The number of alkyl halides is 1. The second-order valence-corrected chi connectivity index (χ2v) is 3.82. The summed E-state index contributed by atoms with van der Waals surface area (Å²) in [6, 6.07) is 4.18. The van der Waals surface area contributed by atoms with Gasteiger partial charge in [-0.15, -0.1) is 0 Å². The average Bonchev–Trinajstić information content (AvgIpc) is 2.30. The van der Waals surface area contributed by atoms with Gasteiger partial charge in [0, 0.05) is 24.6 Å². The minimum atomic E-state index is 0.807. The Morgan fingerprint density at radius 2 is 2.14 bits per heavy atom. The molecule has 0 saturated carbocycles. The molecule has 0 unspecified atom stereocenters. The molecule has 0 spiro atoms. The van der Waals surface area contributed by atoms with Crippen LogP contribution in [0.2, 0.25) is 0 Å². The van der Waals surface area contributed by atoms with Gasteiger partial charge in [-0.2, -0.15) is 0 Å². The zero-order valence-electron chi connectivity index (χ0n) is 7.95. The van der Waals surface area contributed by atoms with Crippen LogP contribution < -0.4 is 4.90 Å². The Labute approximate surface area is 92.2 Å². The van der Waals surface area contributed by atoms with E-state index in [1.807, 2.05) is 6.20 Å². The molecule has 1 aliphatic heterocycles. The van der Waals surface area contributed by atoms with E-state index in [-0.39, 0.29) is 0 Å². The molecule has 76 valence electrons. The summed E-state index contributed by atoms with van der Waals surface area (Å²) in [6.07, 6.45) is 1.92. The van der Waals surface area contributed by atoms with Crippen LogP contribution in [0.3, 0.4) is 0 Å². The smallest absolute Gasteiger partial charge is 0.128 e. The summed E-state index contributed by atoms with van der Waals surface area (Å²) in [5, 5.41) is 0.864. The molecule has 1 saturated heterocycles. The predicted octanol–water partition coefficient (Wildman–Crippen LogP) is 1.81. The van der Waals surface area contributed by atoms with Crippen molar-refractivity contribution in [3.05, 3.63) is 23.9 Å². The molecule has 1 aliphatic rings. The third-order valence-corrected chi connectivity index (χ3v) is 2.95. The quantitative estimate of drug-likeness (QED) is 0.755. The van der Waals surface area contributed by atoms with Crippen molar-refractivity contribution in [3.63, 3.8) is 0 Å². The van der Waals surface area contributed by atoms with Crippen LogP contribution in [0.1, 0.15) is 5.56 Å². The van der Waals surface area contributed by atoms with Crippen LogP contribution in [0.15, 0.2) is 18.3 Å². The lowest BCUT2D eigenvalue weighted by Crippen LogP contribution is -2.36. The Bertz CT molecular complexity index is 283. The van der Waals surface area contributed by atoms with Gasteiger partial charge in [0.1, 0.15) is 5.82 Å². The van der Waals surface area contributed by atoms with Crippen LogP contribution in [-0.2, 0) is 10.1 Å². The summed E-state index contributed by atoms with van der Waals surface area (Å²) in [5.74, 6) is 1.05. The van der Waals surface area contributed by atoms with Crippen LogP contribution in [0.4, 0.5) is 5.82 Å². The van der Waals surface area contributed by atoms with Crippen molar-refractivity contribution in [3.8, 4) is 0 Å². The van der Waals surface area contributed by atoms with Gasteiger partial charge in [-0.05, 0) is 11.6 Å². The Balaban J connectivity index is 2.07. The number of anilines is 1. The molecule has 4 heteroatoms. The van der Waals surface area contributed by atoms with Gasteiger partial charge in [0.2, 0.25) is 0 Å². The maximum absolute atomic E-state index is 5.29. The van der Waals surface area contributed by atoms with Crippen molar-refractivity contribution < 1.29 is 4.74 Å². The van der Waals surface area contributed by atoms with E-state index in [0.717, 1.165) is 37.5 Å². The fourth-order valence-corrected chi connectivity index (χ4v) is 1.81. The molecule has 3 nitrogen and oxygen atoms in total. The number of hydrogen-bond donors (Lipinski definition) is 0. The van der Waals surface area contributed by atoms with Crippen LogP contribution in [0, 0.1) is 0 Å². The normalized spacial score (nSPS) is 17.1. The number of morpholine rings is 1. The van der Waals surface area contributed by atoms with Crippen molar-refractivity contribution in [1.82, 2.24) is 4.98 Å². The Hall–Kier alpha value is -0.610. The van der Waals surface area contributed by atoms with E-state index in [2.05, 4.69) is 37.9 Å². The number of halogens is 1. The Morgan fingerprint density at radius 1 is 1.36 bits per heavy atom. The van der Waals surface area contributed by atoms with E-state index in [1.165, 1.54) is 5.56 Å². The molecule has 0 amide bonds. The second kappa shape index (κ2) is 4.75. The minimum Gasteiger partial charge on any atom is -0.378 e. The lowest BCUT2D eigenvalue weighted by molar-refractivity contribution is 0.122. The van der Waals surface area contributed by atoms with E-state index in [4.69, 9.17) is 4.74 Å². The van der Waals surface area contributed by atoms with Gasteiger partial charge in [-0.1, -0.05) is 22.0 Å². The third-order valence-electron chi connectivity index (χ3n) is 2.30. The van der Waals surface area contributed by atoms with Crippen LogP contribution in [0.5, 0.6) is 0 Å². The number of ether oxygens (including phenoxy) is 1. The maximum Gasteiger partial charge on any atom is 0.128 e. The number of aromatic nitrogens is 1. The highest BCUT2D eigenvalue weighted by molar-refractivity contribution is 9.08. The molecule has 1 fully saturated rings. The zero-order valence-corrected chi connectivity index (χ0v) is 9.53. The van der Waals surface area contributed by atoms with Crippen LogP contribution in [0.25, 0.3) is 0 Å². The lowest BCUT2D eigenvalue weighted by Gasteiger charge is -2.27. The minimum absolute atomic E-state index is 0.807. The maximum atomic E-state index is 5.29. The van der Waals surface area contributed by atoms with Crippen molar-refractivity contribution in [2.75, 3.05) is 31.2 Å². The van der Waals surface area contributed by atoms with E-state index in [9.17, 15) is 0 Å². The molecule has 0 aromatic carbocycles. The molecule has 0 aliphatic carbocycles. The predicted molar refractivity (Wildman–Crippen MR) is 59.9 cm³/mol. The van der Waals surface area contributed by atoms with Crippen LogP contribution in [-0.4, -0.2) is 31.3 Å². The van der Waals surface area contributed by atoms with E-state index < -0.39 is 0 Å².